The summed E-state index contributed by atoms with van der Waals surface area (Å²) in [6, 6.07) is -0.458. The van der Waals surface area contributed by atoms with Crippen molar-refractivity contribution >= 4 is 0 Å². The van der Waals surface area contributed by atoms with Crippen LogP contribution in [0.1, 0.15) is 32.1 Å². The largest absolute Gasteiger partial charge is 0.394 e. The van der Waals surface area contributed by atoms with E-state index in [1.165, 1.54) is 6.42 Å². The van der Waals surface area contributed by atoms with Crippen LogP contribution in [0.3, 0.4) is 0 Å². The maximum absolute atomic E-state index is 9.98. The maximum atomic E-state index is 9.98. The molecule has 0 bridgehead atoms. The lowest BCUT2D eigenvalue weighted by atomic mass is 9.92. The molecular formula is C12H23NO5. The number of aliphatic hydroxyl groups is 4. The molecule has 0 amide bonds. The third-order valence-electron chi connectivity index (χ3n) is 3.93. The van der Waals surface area contributed by atoms with Crippen LogP contribution in [0.2, 0.25) is 0 Å². The van der Waals surface area contributed by atoms with Crippen LogP contribution in [0, 0.1) is 0 Å². The molecular weight excluding hydrogens is 238 g/mol. The number of rotatable bonds is 3. The fourth-order valence-corrected chi connectivity index (χ4v) is 2.82. The van der Waals surface area contributed by atoms with Crippen molar-refractivity contribution in [2.45, 2.75) is 68.8 Å². The second kappa shape index (κ2) is 6.27. The Morgan fingerprint density at radius 3 is 2.28 bits per heavy atom. The molecule has 0 aromatic carbocycles. The lowest BCUT2D eigenvalue weighted by molar-refractivity contribution is -0.255. The fraction of sp³-hybridized carbons (Fsp3) is 1.00. The fourth-order valence-electron chi connectivity index (χ4n) is 2.82. The van der Waals surface area contributed by atoms with Crippen molar-refractivity contribution in [2.75, 3.05) is 6.61 Å². The van der Waals surface area contributed by atoms with Crippen LogP contribution in [0.15, 0.2) is 0 Å². The van der Waals surface area contributed by atoms with Gasteiger partial charge in [-0.3, -0.25) is 0 Å². The number of nitrogens with one attached hydrogen (secondary N) is 1. The lowest BCUT2D eigenvalue weighted by Crippen LogP contribution is -2.64. The smallest absolute Gasteiger partial charge is 0.173 e. The molecule has 5 atom stereocenters. The van der Waals surface area contributed by atoms with Crippen LogP contribution in [-0.4, -0.2) is 63.7 Å². The van der Waals surface area contributed by atoms with Crippen molar-refractivity contribution in [3.05, 3.63) is 0 Å². The highest BCUT2D eigenvalue weighted by Crippen LogP contribution is 2.23. The van der Waals surface area contributed by atoms with Crippen molar-refractivity contribution in [3.63, 3.8) is 0 Å². The minimum absolute atomic E-state index is 0.245. The van der Waals surface area contributed by atoms with Crippen LogP contribution in [-0.2, 0) is 4.74 Å². The summed E-state index contributed by atoms with van der Waals surface area (Å²) in [6.07, 6.45) is 1.07. The first-order valence-corrected chi connectivity index (χ1v) is 6.70. The molecule has 1 saturated heterocycles. The van der Waals surface area contributed by atoms with E-state index in [2.05, 4.69) is 5.32 Å². The maximum Gasteiger partial charge on any atom is 0.173 e. The number of aliphatic hydroxyl groups excluding tert-OH is 4. The molecule has 0 unspecified atom stereocenters. The van der Waals surface area contributed by atoms with Gasteiger partial charge in [-0.05, 0) is 12.8 Å². The van der Waals surface area contributed by atoms with E-state index in [1.807, 2.05) is 0 Å². The van der Waals surface area contributed by atoms with E-state index in [-0.39, 0.29) is 6.04 Å². The van der Waals surface area contributed by atoms with Crippen molar-refractivity contribution in [3.8, 4) is 0 Å². The summed E-state index contributed by atoms with van der Waals surface area (Å²) in [7, 11) is 0. The normalized spacial score (nSPS) is 43.0. The van der Waals surface area contributed by atoms with Crippen molar-refractivity contribution in [1.29, 1.82) is 0 Å². The van der Waals surface area contributed by atoms with Gasteiger partial charge in [0.05, 0.1) is 12.6 Å². The molecule has 2 rings (SSSR count). The third kappa shape index (κ3) is 3.01. The minimum atomic E-state index is -1.21. The topological polar surface area (TPSA) is 102 Å². The monoisotopic (exact) mass is 261 g/mol. The second-order valence-electron chi connectivity index (χ2n) is 5.26. The van der Waals surface area contributed by atoms with Crippen molar-refractivity contribution in [1.82, 2.24) is 5.32 Å². The molecule has 0 spiro atoms. The summed E-state index contributed by atoms with van der Waals surface area (Å²) in [5, 5.41) is 41.7. The Bertz CT molecular complexity index is 259. The Labute approximate surface area is 107 Å². The molecule has 0 radical (unpaired) electrons. The Morgan fingerprint density at radius 1 is 1.00 bits per heavy atom. The standard InChI is InChI=1S/C12H23NO5/c14-6-8-10(15)11(16)9(12(17)18-8)13-7-4-2-1-3-5-7/h7-17H,1-6H2/t8-,9+,10-,11+,12+/m1/s1. The van der Waals surface area contributed by atoms with Crippen LogP contribution in [0.5, 0.6) is 0 Å². The number of ether oxygens (including phenoxy) is 1. The van der Waals surface area contributed by atoms with E-state index in [0.29, 0.717) is 0 Å². The predicted octanol–water partition coefficient (Wildman–Crippen LogP) is -1.29. The minimum Gasteiger partial charge on any atom is -0.394 e. The molecule has 0 aromatic heterocycles. The van der Waals surface area contributed by atoms with Gasteiger partial charge in [-0.15, -0.1) is 0 Å². The lowest BCUT2D eigenvalue weighted by Gasteiger charge is -2.42. The summed E-state index contributed by atoms with van der Waals surface area (Å²) in [5.41, 5.74) is 0. The van der Waals surface area contributed by atoms with E-state index in [9.17, 15) is 15.3 Å². The summed E-state index contributed by atoms with van der Waals surface area (Å²) < 4.78 is 5.11. The first-order chi connectivity index (χ1) is 8.63. The van der Waals surface area contributed by atoms with E-state index >= 15 is 0 Å². The van der Waals surface area contributed by atoms with Gasteiger partial charge in [-0.25, -0.2) is 0 Å². The molecule has 106 valence electrons. The first-order valence-electron chi connectivity index (χ1n) is 6.70. The molecule has 1 heterocycles. The van der Waals surface area contributed by atoms with Gasteiger partial charge in [0.15, 0.2) is 6.29 Å². The first kappa shape index (κ1) is 14.2. The molecule has 5 N–H and O–H groups in total. The molecule has 0 aromatic rings. The summed E-state index contributed by atoms with van der Waals surface area (Å²) in [5.74, 6) is 0. The Balaban J connectivity index is 1.94. The molecule has 18 heavy (non-hydrogen) atoms. The highest BCUT2D eigenvalue weighted by molar-refractivity contribution is 4.94. The van der Waals surface area contributed by atoms with Gasteiger partial charge in [-0.1, -0.05) is 19.3 Å². The molecule has 1 aliphatic heterocycles. The van der Waals surface area contributed by atoms with E-state index in [0.717, 1.165) is 25.7 Å². The Hall–Kier alpha value is -0.240. The highest BCUT2D eigenvalue weighted by atomic mass is 16.6. The number of hydrogen-bond acceptors (Lipinski definition) is 6. The van der Waals surface area contributed by atoms with Gasteiger partial charge in [-0.2, -0.15) is 0 Å². The Kier molecular flexibility index (Phi) is 4.94. The SMILES string of the molecule is OC[C@H]1O[C@H](O)[C@@H](NC2CCCCC2)[C@H](O)[C@@H]1O. The molecule has 1 aliphatic carbocycles. The van der Waals surface area contributed by atoms with Crippen LogP contribution in [0.4, 0.5) is 0 Å². The van der Waals surface area contributed by atoms with Gasteiger partial charge in [0, 0.05) is 6.04 Å². The Morgan fingerprint density at radius 2 is 1.67 bits per heavy atom. The zero-order chi connectivity index (χ0) is 13.1. The highest BCUT2D eigenvalue weighted by Gasteiger charge is 2.44. The molecule has 2 fully saturated rings. The van der Waals surface area contributed by atoms with Crippen molar-refractivity contribution in [2.24, 2.45) is 0 Å². The van der Waals surface area contributed by atoms with Gasteiger partial charge in [0.25, 0.3) is 0 Å². The second-order valence-corrected chi connectivity index (χ2v) is 5.26. The van der Waals surface area contributed by atoms with E-state index in [1.54, 1.807) is 0 Å². The zero-order valence-electron chi connectivity index (χ0n) is 10.4. The van der Waals surface area contributed by atoms with Gasteiger partial charge in [0.2, 0.25) is 0 Å². The van der Waals surface area contributed by atoms with Gasteiger partial charge in [0.1, 0.15) is 18.3 Å². The van der Waals surface area contributed by atoms with E-state index < -0.39 is 37.3 Å². The average Bonchev–Trinajstić information content (AvgIpc) is 2.40. The quantitative estimate of drug-likeness (QED) is 0.433. The van der Waals surface area contributed by atoms with E-state index in [4.69, 9.17) is 9.84 Å². The van der Waals surface area contributed by atoms with Gasteiger partial charge >= 0.3 is 0 Å². The van der Waals surface area contributed by atoms with Crippen LogP contribution >= 0.6 is 0 Å². The van der Waals surface area contributed by atoms with Crippen LogP contribution < -0.4 is 5.32 Å². The average molecular weight is 261 g/mol. The number of hydrogen-bond donors (Lipinski definition) is 5. The summed E-state index contributed by atoms with van der Waals surface area (Å²) in [4.78, 5) is 0. The van der Waals surface area contributed by atoms with Crippen LogP contribution in [0.25, 0.3) is 0 Å². The summed E-state index contributed by atoms with van der Waals surface area (Å²) >= 11 is 0. The van der Waals surface area contributed by atoms with Crippen molar-refractivity contribution < 1.29 is 25.2 Å². The molecule has 2 aliphatic rings. The molecule has 1 saturated carbocycles. The van der Waals surface area contributed by atoms with Gasteiger partial charge < -0.3 is 30.5 Å². The molecule has 6 nitrogen and oxygen atoms in total. The predicted molar refractivity (Wildman–Crippen MR) is 63.8 cm³/mol. The third-order valence-corrected chi connectivity index (χ3v) is 3.93. The summed E-state index contributed by atoms with van der Waals surface area (Å²) in [6.45, 7) is -0.425. The molecule has 6 heteroatoms. The zero-order valence-corrected chi connectivity index (χ0v) is 10.4.